The molecule has 4 aromatic carbocycles. The van der Waals surface area contributed by atoms with Crippen molar-refractivity contribution in [2.45, 2.75) is 26.1 Å². The van der Waals surface area contributed by atoms with Crippen LogP contribution in [0.4, 0.5) is 5.69 Å². The van der Waals surface area contributed by atoms with Crippen LogP contribution in [0, 0.1) is 6.92 Å². The van der Waals surface area contributed by atoms with E-state index >= 15 is 0 Å². The molecule has 9 nitrogen and oxygen atoms in total. The molecule has 2 amide bonds. The molecule has 41 heavy (non-hydrogen) atoms. The van der Waals surface area contributed by atoms with Gasteiger partial charge in [0.1, 0.15) is 18.1 Å². The number of rotatable bonds is 10. The summed E-state index contributed by atoms with van der Waals surface area (Å²) in [5, 5.41) is 11.5. The summed E-state index contributed by atoms with van der Waals surface area (Å²) in [5.74, 6) is 0.0953. The molecule has 1 heterocycles. The number of anilines is 1. The number of ether oxygens (including phenoxy) is 2. The van der Waals surface area contributed by atoms with Gasteiger partial charge < -0.3 is 14.8 Å². The quantitative estimate of drug-likeness (QED) is 0.268. The highest BCUT2D eigenvalue weighted by Gasteiger charge is 2.36. The number of nitrogens with one attached hydrogen (secondary N) is 1. The molecule has 9 heteroatoms. The summed E-state index contributed by atoms with van der Waals surface area (Å²) in [6.07, 6.45) is 0. The normalized spacial score (nSPS) is 11.6. The number of fused-ring (bicyclic) bond motifs is 1. The van der Waals surface area contributed by atoms with Crippen molar-refractivity contribution in [1.82, 2.24) is 20.3 Å². The Labute approximate surface area is 238 Å². The first kappa shape index (κ1) is 27.4. The number of hydrogen-bond acceptors (Lipinski definition) is 6. The summed E-state index contributed by atoms with van der Waals surface area (Å²) in [6.45, 7) is 2.05. The van der Waals surface area contributed by atoms with E-state index in [0.717, 1.165) is 16.6 Å². The topological polar surface area (TPSA) is 98.6 Å². The number of para-hydroxylation sites is 3. The van der Waals surface area contributed by atoms with Gasteiger partial charge in [-0.15, -0.1) is 5.10 Å². The van der Waals surface area contributed by atoms with E-state index < -0.39 is 6.04 Å². The largest absolute Gasteiger partial charge is 0.493 e. The maximum atomic E-state index is 14.3. The van der Waals surface area contributed by atoms with Crippen LogP contribution in [-0.2, 0) is 22.7 Å². The maximum Gasteiger partial charge on any atom is 0.249 e. The number of aryl methyl sites for hydroxylation is 1. The van der Waals surface area contributed by atoms with Gasteiger partial charge in [-0.25, -0.2) is 4.68 Å². The van der Waals surface area contributed by atoms with Crippen molar-refractivity contribution < 1.29 is 19.1 Å². The summed E-state index contributed by atoms with van der Waals surface area (Å²) < 4.78 is 12.9. The molecular weight excluding hydrogens is 518 g/mol. The second-order valence-corrected chi connectivity index (χ2v) is 9.47. The lowest BCUT2D eigenvalue weighted by atomic mass is 9.99. The molecule has 0 saturated carbocycles. The number of aromatic nitrogens is 3. The summed E-state index contributed by atoms with van der Waals surface area (Å²) in [6, 6.07) is 28.7. The predicted octanol–water partition coefficient (Wildman–Crippen LogP) is 4.85. The Morgan fingerprint density at radius 1 is 0.878 bits per heavy atom. The number of amides is 2. The highest BCUT2D eigenvalue weighted by molar-refractivity contribution is 6.02. The van der Waals surface area contributed by atoms with Crippen LogP contribution in [0.2, 0.25) is 0 Å². The minimum absolute atomic E-state index is 0.135. The minimum Gasteiger partial charge on any atom is -0.493 e. The van der Waals surface area contributed by atoms with Gasteiger partial charge in [0.25, 0.3) is 0 Å². The molecule has 208 valence electrons. The zero-order chi connectivity index (χ0) is 28.8. The SMILES string of the molecule is COc1cccc([C@H](C(=O)NCc2ccccc2)N(C(=O)Cn2nnc3ccccc32)c2ccccc2C)c1OC. The smallest absolute Gasteiger partial charge is 0.249 e. The minimum atomic E-state index is -1.09. The molecular formula is C32H31N5O4. The average molecular weight is 550 g/mol. The van der Waals surface area contributed by atoms with E-state index in [4.69, 9.17) is 9.47 Å². The van der Waals surface area contributed by atoms with Crippen LogP contribution in [0.5, 0.6) is 11.5 Å². The molecule has 0 unspecified atom stereocenters. The van der Waals surface area contributed by atoms with E-state index in [0.29, 0.717) is 28.3 Å². The molecule has 0 radical (unpaired) electrons. The van der Waals surface area contributed by atoms with Crippen LogP contribution in [-0.4, -0.2) is 41.0 Å². The predicted molar refractivity (Wildman–Crippen MR) is 157 cm³/mol. The molecule has 0 aliphatic heterocycles. The van der Waals surface area contributed by atoms with Gasteiger partial charge in [-0.3, -0.25) is 14.5 Å². The molecule has 5 aromatic rings. The lowest BCUT2D eigenvalue weighted by Gasteiger charge is -2.33. The third kappa shape index (κ3) is 5.74. The van der Waals surface area contributed by atoms with Gasteiger partial charge in [0.2, 0.25) is 11.8 Å². The van der Waals surface area contributed by atoms with Crippen LogP contribution in [0.25, 0.3) is 11.0 Å². The first-order valence-corrected chi connectivity index (χ1v) is 13.2. The van der Waals surface area contributed by atoms with E-state index in [2.05, 4.69) is 15.6 Å². The highest BCUT2D eigenvalue weighted by atomic mass is 16.5. The lowest BCUT2D eigenvalue weighted by Crippen LogP contribution is -2.45. The Hall–Kier alpha value is -5.18. The van der Waals surface area contributed by atoms with Crippen LogP contribution in [0.1, 0.15) is 22.7 Å². The van der Waals surface area contributed by atoms with Crippen LogP contribution in [0.15, 0.2) is 97.1 Å². The molecule has 1 atom stereocenters. The van der Waals surface area contributed by atoms with Crippen molar-refractivity contribution in [3.05, 3.63) is 114 Å². The number of carbonyl (C=O) groups is 2. The van der Waals surface area contributed by atoms with Gasteiger partial charge in [-0.1, -0.05) is 78.0 Å². The zero-order valence-corrected chi connectivity index (χ0v) is 23.2. The Balaban J connectivity index is 1.63. The van der Waals surface area contributed by atoms with Gasteiger partial charge in [-0.05, 0) is 42.3 Å². The van der Waals surface area contributed by atoms with Crippen LogP contribution in [0.3, 0.4) is 0 Å². The number of methoxy groups -OCH3 is 2. The van der Waals surface area contributed by atoms with Gasteiger partial charge in [0.05, 0.1) is 19.7 Å². The second kappa shape index (κ2) is 12.3. The standard InChI is InChI=1S/C32H31N5O4/c1-22-12-7-9-17-26(22)37(29(38)21-36-27-18-10-8-16-25(27)34-35-36)30(24-15-11-19-28(40-2)31(24)41-3)32(39)33-20-23-13-5-4-6-14-23/h4-19,30H,20-21H2,1-3H3,(H,33,39)/t30-/m1/s1. The van der Waals surface area contributed by atoms with Gasteiger partial charge >= 0.3 is 0 Å². The number of hydrogen-bond donors (Lipinski definition) is 1. The number of benzene rings is 4. The van der Waals surface area contributed by atoms with Crippen molar-refractivity contribution in [1.29, 1.82) is 0 Å². The molecule has 0 aliphatic rings. The molecule has 0 spiro atoms. The van der Waals surface area contributed by atoms with E-state index in [1.807, 2.05) is 85.8 Å². The van der Waals surface area contributed by atoms with Gasteiger partial charge in [-0.2, -0.15) is 0 Å². The summed E-state index contributed by atoms with van der Waals surface area (Å²) in [5.41, 5.74) is 4.22. The lowest BCUT2D eigenvalue weighted by molar-refractivity contribution is -0.127. The maximum absolute atomic E-state index is 14.3. The van der Waals surface area contributed by atoms with Crippen molar-refractivity contribution >= 4 is 28.5 Å². The van der Waals surface area contributed by atoms with Crippen molar-refractivity contribution in [2.24, 2.45) is 0 Å². The fourth-order valence-corrected chi connectivity index (χ4v) is 4.90. The number of nitrogens with zero attached hydrogens (tertiary/aromatic N) is 4. The first-order chi connectivity index (χ1) is 20.0. The van der Waals surface area contributed by atoms with Crippen LogP contribution >= 0.6 is 0 Å². The Morgan fingerprint density at radius 2 is 1.61 bits per heavy atom. The van der Waals surface area contributed by atoms with E-state index in [1.54, 1.807) is 22.9 Å². The Kier molecular flexibility index (Phi) is 8.24. The molecule has 1 N–H and O–H groups in total. The summed E-state index contributed by atoms with van der Waals surface area (Å²) in [4.78, 5) is 30.1. The Bertz CT molecular complexity index is 1670. The second-order valence-electron chi connectivity index (χ2n) is 9.47. The third-order valence-electron chi connectivity index (χ3n) is 6.89. The summed E-state index contributed by atoms with van der Waals surface area (Å²) >= 11 is 0. The first-order valence-electron chi connectivity index (χ1n) is 13.2. The molecule has 5 rings (SSSR count). The van der Waals surface area contributed by atoms with E-state index in [-0.39, 0.29) is 24.9 Å². The molecule has 0 aliphatic carbocycles. The van der Waals surface area contributed by atoms with Crippen LogP contribution < -0.4 is 19.7 Å². The fraction of sp³-hybridized carbons (Fsp3) is 0.188. The monoisotopic (exact) mass is 549 g/mol. The molecule has 0 fully saturated rings. The van der Waals surface area contributed by atoms with Crippen molar-refractivity contribution in [3.8, 4) is 11.5 Å². The van der Waals surface area contributed by atoms with E-state index in [9.17, 15) is 9.59 Å². The average Bonchev–Trinajstić information content (AvgIpc) is 3.41. The zero-order valence-electron chi connectivity index (χ0n) is 23.2. The van der Waals surface area contributed by atoms with Gasteiger partial charge in [0, 0.05) is 17.8 Å². The number of carbonyl (C=O) groups excluding carboxylic acids is 2. The fourth-order valence-electron chi connectivity index (χ4n) is 4.90. The highest BCUT2D eigenvalue weighted by Crippen LogP contribution is 2.40. The van der Waals surface area contributed by atoms with Crippen molar-refractivity contribution in [2.75, 3.05) is 19.1 Å². The van der Waals surface area contributed by atoms with Gasteiger partial charge in [0.15, 0.2) is 11.5 Å². The van der Waals surface area contributed by atoms with E-state index in [1.165, 1.54) is 19.1 Å². The molecule has 0 saturated heterocycles. The summed E-state index contributed by atoms with van der Waals surface area (Å²) in [7, 11) is 3.05. The van der Waals surface area contributed by atoms with Crippen molar-refractivity contribution in [3.63, 3.8) is 0 Å². The Morgan fingerprint density at radius 3 is 2.37 bits per heavy atom. The molecule has 1 aromatic heterocycles. The molecule has 0 bridgehead atoms. The third-order valence-corrected chi connectivity index (χ3v) is 6.89.